The van der Waals surface area contributed by atoms with Crippen molar-refractivity contribution in [2.45, 2.75) is 65.2 Å². The van der Waals surface area contributed by atoms with Crippen LogP contribution in [0.4, 0.5) is 11.4 Å². The van der Waals surface area contributed by atoms with E-state index >= 15 is 0 Å². The molecule has 0 unspecified atom stereocenters. The van der Waals surface area contributed by atoms with Crippen molar-refractivity contribution >= 4 is 23.8 Å². The summed E-state index contributed by atoms with van der Waals surface area (Å²) < 4.78 is 11.5. The Balaban J connectivity index is 1.70. The van der Waals surface area contributed by atoms with E-state index in [0.29, 0.717) is 0 Å². The molecule has 0 radical (unpaired) electrons. The van der Waals surface area contributed by atoms with Crippen LogP contribution in [0.25, 0.3) is 0 Å². The number of rotatable bonds is 15. The Morgan fingerprint density at radius 2 is 0.967 bits per heavy atom. The molecule has 2 aromatic carbocycles. The van der Waals surface area contributed by atoms with Gasteiger partial charge < -0.3 is 9.47 Å². The molecule has 2 aromatic rings. The monoisotopic (exact) mass is 408 g/mol. The van der Waals surface area contributed by atoms with Crippen LogP contribution in [-0.2, 0) is 0 Å². The van der Waals surface area contributed by atoms with E-state index in [2.05, 4.69) is 23.8 Å². The summed E-state index contributed by atoms with van der Waals surface area (Å²) >= 11 is 0. The van der Waals surface area contributed by atoms with Crippen molar-refractivity contribution in [3.8, 4) is 11.5 Å². The van der Waals surface area contributed by atoms with Crippen LogP contribution in [0, 0.1) is 0 Å². The van der Waals surface area contributed by atoms with Crippen LogP contribution < -0.4 is 9.47 Å². The molecule has 0 bridgehead atoms. The summed E-state index contributed by atoms with van der Waals surface area (Å²) in [7, 11) is 0. The second-order valence-electron chi connectivity index (χ2n) is 7.36. The molecule has 0 heterocycles. The first-order valence-corrected chi connectivity index (χ1v) is 11.3. The van der Waals surface area contributed by atoms with Gasteiger partial charge >= 0.3 is 0 Å². The van der Waals surface area contributed by atoms with Gasteiger partial charge in [0, 0.05) is 12.4 Å². The van der Waals surface area contributed by atoms with Gasteiger partial charge in [0.2, 0.25) is 0 Å². The minimum Gasteiger partial charge on any atom is -0.494 e. The zero-order valence-electron chi connectivity index (χ0n) is 18.6. The molecular formula is C26H36N2O2. The average Bonchev–Trinajstić information content (AvgIpc) is 2.78. The molecule has 0 atom stereocenters. The van der Waals surface area contributed by atoms with Gasteiger partial charge in [-0.2, -0.15) is 0 Å². The van der Waals surface area contributed by atoms with Gasteiger partial charge in [0.25, 0.3) is 0 Å². The highest BCUT2D eigenvalue weighted by Gasteiger charge is 1.96. The normalized spacial score (nSPS) is 11.4. The minimum absolute atomic E-state index is 0.776. The standard InChI is InChI=1S/C26H36N2O2/c1-3-5-7-9-21-29-25-15-11-23(12-16-25)27-19-20-28-24-13-17-26(18-14-24)30-22-10-8-6-4-2/h11-20H,3-10,21-22H2,1-2H3. The molecule has 30 heavy (non-hydrogen) atoms. The molecule has 0 fully saturated rings. The van der Waals surface area contributed by atoms with Gasteiger partial charge in [0.05, 0.1) is 24.6 Å². The fourth-order valence-electron chi connectivity index (χ4n) is 2.93. The highest BCUT2D eigenvalue weighted by Crippen LogP contribution is 2.19. The number of hydrogen-bond acceptors (Lipinski definition) is 4. The molecule has 0 N–H and O–H groups in total. The number of nitrogens with zero attached hydrogens (tertiary/aromatic N) is 2. The summed E-state index contributed by atoms with van der Waals surface area (Å²) in [6.07, 6.45) is 13.1. The number of aliphatic imine (C=N–C) groups is 2. The predicted octanol–water partition coefficient (Wildman–Crippen LogP) is 7.71. The van der Waals surface area contributed by atoms with E-state index in [1.54, 1.807) is 12.4 Å². The highest BCUT2D eigenvalue weighted by molar-refractivity contribution is 6.17. The molecule has 4 nitrogen and oxygen atoms in total. The van der Waals surface area contributed by atoms with E-state index in [4.69, 9.17) is 9.47 Å². The van der Waals surface area contributed by atoms with Gasteiger partial charge in [-0.25, -0.2) is 0 Å². The Kier molecular flexibility index (Phi) is 12.0. The van der Waals surface area contributed by atoms with Crippen LogP contribution in [-0.4, -0.2) is 25.6 Å². The zero-order valence-corrected chi connectivity index (χ0v) is 18.6. The maximum atomic E-state index is 5.75. The van der Waals surface area contributed by atoms with E-state index < -0.39 is 0 Å². The van der Waals surface area contributed by atoms with Crippen LogP contribution in [0.1, 0.15) is 65.2 Å². The van der Waals surface area contributed by atoms with Gasteiger partial charge in [0.1, 0.15) is 11.5 Å². The van der Waals surface area contributed by atoms with Crippen LogP contribution in [0.5, 0.6) is 11.5 Å². The Morgan fingerprint density at radius 1 is 0.567 bits per heavy atom. The van der Waals surface area contributed by atoms with Gasteiger partial charge in [-0.3, -0.25) is 9.98 Å². The molecule has 0 spiro atoms. The topological polar surface area (TPSA) is 43.2 Å². The Bertz CT molecular complexity index is 671. The van der Waals surface area contributed by atoms with Crippen LogP contribution in [0.15, 0.2) is 58.5 Å². The van der Waals surface area contributed by atoms with Gasteiger partial charge in [-0.1, -0.05) is 52.4 Å². The van der Waals surface area contributed by atoms with Gasteiger partial charge in [-0.15, -0.1) is 0 Å². The first-order valence-electron chi connectivity index (χ1n) is 11.3. The van der Waals surface area contributed by atoms with Crippen molar-refractivity contribution in [3.05, 3.63) is 48.5 Å². The number of benzene rings is 2. The fraction of sp³-hybridized carbons (Fsp3) is 0.462. The summed E-state index contributed by atoms with van der Waals surface area (Å²) in [6.45, 7) is 5.98. The minimum atomic E-state index is 0.776. The maximum Gasteiger partial charge on any atom is 0.119 e. The largest absolute Gasteiger partial charge is 0.494 e. The number of hydrogen-bond donors (Lipinski definition) is 0. The van der Waals surface area contributed by atoms with Crippen molar-refractivity contribution in [3.63, 3.8) is 0 Å². The van der Waals surface area contributed by atoms with Crippen LogP contribution >= 0.6 is 0 Å². The first kappa shape index (κ1) is 23.7. The van der Waals surface area contributed by atoms with E-state index in [9.17, 15) is 0 Å². The van der Waals surface area contributed by atoms with Crippen molar-refractivity contribution in [1.82, 2.24) is 0 Å². The maximum absolute atomic E-state index is 5.75. The molecule has 0 aliphatic rings. The highest BCUT2D eigenvalue weighted by atomic mass is 16.5. The SMILES string of the molecule is CCCCCCOc1ccc(N=CC=Nc2ccc(OCCCCCC)cc2)cc1. The molecule has 162 valence electrons. The summed E-state index contributed by atoms with van der Waals surface area (Å²) in [5, 5.41) is 0. The number of unbranched alkanes of at least 4 members (excludes halogenated alkanes) is 6. The number of ether oxygens (including phenoxy) is 2. The Morgan fingerprint density at radius 3 is 1.33 bits per heavy atom. The lowest BCUT2D eigenvalue weighted by Crippen LogP contribution is -1.96. The summed E-state index contributed by atoms with van der Waals surface area (Å²) in [5.41, 5.74) is 1.76. The van der Waals surface area contributed by atoms with E-state index in [0.717, 1.165) is 48.9 Å². The summed E-state index contributed by atoms with van der Waals surface area (Å²) in [4.78, 5) is 8.82. The predicted molar refractivity (Wildman–Crippen MR) is 128 cm³/mol. The van der Waals surface area contributed by atoms with Crippen molar-refractivity contribution in [2.24, 2.45) is 9.98 Å². The smallest absolute Gasteiger partial charge is 0.119 e. The molecule has 0 saturated carbocycles. The molecular weight excluding hydrogens is 372 g/mol. The van der Waals surface area contributed by atoms with Crippen molar-refractivity contribution < 1.29 is 9.47 Å². The molecule has 0 saturated heterocycles. The molecule has 4 heteroatoms. The third-order valence-electron chi connectivity index (χ3n) is 4.72. The summed E-state index contributed by atoms with van der Waals surface area (Å²) in [5.74, 6) is 1.79. The van der Waals surface area contributed by atoms with E-state index in [1.165, 1.54) is 38.5 Å². The Hall–Kier alpha value is -2.62. The summed E-state index contributed by atoms with van der Waals surface area (Å²) in [6, 6.07) is 15.7. The van der Waals surface area contributed by atoms with Crippen molar-refractivity contribution in [2.75, 3.05) is 13.2 Å². The van der Waals surface area contributed by atoms with Crippen LogP contribution in [0.3, 0.4) is 0 Å². The van der Waals surface area contributed by atoms with Crippen molar-refractivity contribution in [1.29, 1.82) is 0 Å². The average molecular weight is 409 g/mol. The van der Waals surface area contributed by atoms with E-state index in [1.807, 2.05) is 48.5 Å². The molecule has 2 rings (SSSR count). The lowest BCUT2D eigenvalue weighted by atomic mass is 10.2. The third-order valence-corrected chi connectivity index (χ3v) is 4.72. The third kappa shape index (κ3) is 10.2. The van der Waals surface area contributed by atoms with Gasteiger partial charge in [0.15, 0.2) is 0 Å². The quantitative estimate of drug-likeness (QED) is 0.224. The zero-order chi connectivity index (χ0) is 21.3. The lowest BCUT2D eigenvalue weighted by Gasteiger charge is -2.05. The fourth-order valence-corrected chi connectivity index (χ4v) is 2.93. The Labute approximate surface area is 182 Å². The van der Waals surface area contributed by atoms with E-state index in [-0.39, 0.29) is 0 Å². The second kappa shape index (κ2) is 15.3. The van der Waals surface area contributed by atoms with Gasteiger partial charge in [-0.05, 0) is 61.4 Å². The molecule has 0 amide bonds. The molecule has 0 aromatic heterocycles. The second-order valence-corrected chi connectivity index (χ2v) is 7.36. The molecule has 0 aliphatic heterocycles. The first-order chi connectivity index (χ1) is 14.8. The van der Waals surface area contributed by atoms with Crippen LogP contribution in [0.2, 0.25) is 0 Å². The molecule has 0 aliphatic carbocycles. The lowest BCUT2D eigenvalue weighted by molar-refractivity contribution is 0.305.